The lowest BCUT2D eigenvalue weighted by atomic mass is 10.1. The summed E-state index contributed by atoms with van der Waals surface area (Å²) in [5.74, 6) is 0.666. The average Bonchev–Trinajstić information content (AvgIpc) is 3.09. The molecule has 1 aromatic carbocycles. The second kappa shape index (κ2) is 6.55. The monoisotopic (exact) mass is 335 g/mol. The van der Waals surface area contributed by atoms with Gasteiger partial charge in [0.15, 0.2) is 0 Å². The van der Waals surface area contributed by atoms with E-state index in [2.05, 4.69) is 25.2 Å². The molecule has 128 valence electrons. The molecule has 1 aliphatic heterocycles. The van der Waals surface area contributed by atoms with Crippen molar-refractivity contribution >= 4 is 22.8 Å². The Labute approximate surface area is 146 Å². The van der Waals surface area contributed by atoms with E-state index in [0.717, 1.165) is 48.3 Å². The number of H-pyrrole nitrogens is 1. The van der Waals surface area contributed by atoms with Gasteiger partial charge in [0.1, 0.15) is 5.69 Å². The molecule has 0 bridgehead atoms. The third-order valence-electron chi connectivity index (χ3n) is 4.70. The van der Waals surface area contributed by atoms with Gasteiger partial charge >= 0.3 is 0 Å². The topological polar surface area (TPSA) is 73.9 Å². The fourth-order valence-electron chi connectivity index (χ4n) is 3.42. The van der Waals surface area contributed by atoms with E-state index in [0.29, 0.717) is 5.69 Å². The van der Waals surface area contributed by atoms with Gasteiger partial charge in [0.25, 0.3) is 5.91 Å². The molecule has 1 fully saturated rings. The zero-order valence-electron chi connectivity index (χ0n) is 14.2. The highest BCUT2D eigenvalue weighted by molar-refractivity contribution is 5.98. The number of amides is 1. The molecule has 1 unspecified atom stereocenters. The molecule has 25 heavy (non-hydrogen) atoms. The summed E-state index contributed by atoms with van der Waals surface area (Å²) in [6, 6.07) is 9.89. The number of rotatable bonds is 3. The molecule has 0 radical (unpaired) electrons. The fourth-order valence-corrected chi connectivity index (χ4v) is 3.42. The van der Waals surface area contributed by atoms with E-state index in [1.165, 1.54) is 0 Å². The number of anilines is 1. The summed E-state index contributed by atoms with van der Waals surface area (Å²) in [6.07, 6.45) is 5.47. The number of aromatic nitrogens is 3. The number of nitrogens with one attached hydrogen (secondary N) is 2. The van der Waals surface area contributed by atoms with Crippen molar-refractivity contribution in [2.75, 3.05) is 18.0 Å². The van der Waals surface area contributed by atoms with Crippen LogP contribution in [0.5, 0.6) is 0 Å². The van der Waals surface area contributed by atoms with E-state index in [9.17, 15) is 4.79 Å². The Balaban J connectivity index is 1.47. The molecule has 3 aromatic rings. The highest BCUT2D eigenvalue weighted by Gasteiger charge is 2.23. The van der Waals surface area contributed by atoms with E-state index < -0.39 is 0 Å². The molecule has 6 nitrogen and oxygen atoms in total. The van der Waals surface area contributed by atoms with Gasteiger partial charge in [0.05, 0.1) is 0 Å². The van der Waals surface area contributed by atoms with Gasteiger partial charge in [-0.3, -0.25) is 4.79 Å². The minimum Gasteiger partial charge on any atom is -0.350 e. The van der Waals surface area contributed by atoms with E-state index in [-0.39, 0.29) is 11.9 Å². The summed E-state index contributed by atoms with van der Waals surface area (Å²) < 4.78 is 0. The zero-order chi connectivity index (χ0) is 17.2. The number of aromatic amines is 1. The number of carbonyl (C=O) groups is 1. The summed E-state index contributed by atoms with van der Waals surface area (Å²) >= 11 is 0. The Hall–Kier alpha value is -2.89. The largest absolute Gasteiger partial charge is 0.350 e. The Kier molecular flexibility index (Phi) is 4.09. The number of para-hydroxylation sites is 1. The Morgan fingerprint density at radius 2 is 2.12 bits per heavy atom. The zero-order valence-corrected chi connectivity index (χ0v) is 14.2. The van der Waals surface area contributed by atoms with Crippen molar-refractivity contribution in [3.05, 3.63) is 54.0 Å². The van der Waals surface area contributed by atoms with Gasteiger partial charge in [-0.15, -0.1) is 0 Å². The molecule has 1 amide bonds. The van der Waals surface area contributed by atoms with Crippen molar-refractivity contribution in [3.63, 3.8) is 0 Å². The van der Waals surface area contributed by atoms with Gasteiger partial charge in [-0.2, -0.15) is 0 Å². The third-order valence-corrected chi connectivity index (χ3v) is 4.70. The number of aryl methyl sites for hydroxylation is 1. The van der Waals surface area contributed by atoms with Crippen molar-refractivity contribution in [1.29, 1.82) is 0 Å². The maximum Gasteiger partial charge on any atom is 0.268 e. The van der Waals surface area contributed by atoms with E-state index >= 15 is 0 Å². The van der Waals surface area contributed by atoms with E-state index in [4.69, 9.17) is 0 Å². The minimum atomic E-state index is -0.0589. The molecule has 0 saturated carbocycles. The van der Waals surface area contributed by atoms with Gasteiger partial charge in [-0.05, 0) is 37.5 Å². The highest BCUT2D eigenvalue weighted by Crippen LogP contribution is 2.20. The Bertz CT molecular complexity index is 889. The Morgan fingerprint density at radius 1 is 1.28 bits per heavy atom. The molecule has 4 rings (SSSR count). The van der Waals surface area contributed by atoms with Crippen LogP contribution in [0.1, 0.15) is 28.9 Å². The lowest BCUT2D eigenvalue weighted by molar-refractivity contribution is 0.0929. The number of fused-ring (bicyclic) bond motifs is 1. The number of benzene rings is 1. The average molecular weight is 335 g/mol. The number of hydrogen-bond donors (Lipinski definition) is 2. The lowest BCUT2D eigenvalue weighted by Crippen LogP contribution is -2.48. The molecule has 0 spiro atoms. The molecule has 2 aromatic heterocycles. The van der Waals surface area contributed by atoms with Crippen LogP contribution in [0.2, 0.25) is 0 Å². The van der Waals surface area contributed by atoms with Crippen LogP contribution >= 0.6 is 0 Å². The molecule has 2 N–H and O–H groups in total. The van der Waals surface area contributed by atoms with Crippen LogP contribution in [-0.2, 0) is 0 Å². The SMILES string of the molecule is Cc1cccc2cc(C(=O)NC3CCCN(c4ncccn4)C3)[nH]c12. The second-order valence-electron chi connectivity index (χ2n) is 6.53. The predicted molar refractivity (Wildman–Crippen MR) is 97.8 cm³/mol. The maximum atomic E-state index is 12.6. The normalized spacial score (nSPS) is 17.6. The lowest BCUT2D eigenvalue weighted by Gasteiger charge is -2.32. The van der Waals surface area contributed by atoms with Crippen LogP contribution in [0.3, 0.4) is 0 Å². The summed E-state index contributed by atoms with van der Waals surface area (Å²) in [5.41, 5.74) is 2.77. The quantitative estimate of drug-likeness (QED) is 0.772. The molecule has 6 heteroatoms. The van der Waals surface area contributed by atoms with Crippen molar-refractivity contribution < 1.29 is 4.79 Å². The highest BCUT2D eigenvalue weighted by atomic mass is 16.1. The van der Waals surface area contributed by atoms with Gasteiger partial charge in [-0.25, -0.2) is 9.97 Å². The van der Waals surface area contributed by atoms with E-state index in [1.807, 2.05) is 37.3 Å². The number of carbonyl (C=O) groups excluding carboxylic acids is 1. The van der Waals surface area contributed by atoms with Gasteiger partial charge in [-0.1, -0.05) is 18.2 Å². The van der Waals surface area contributed by atoms with Crippen LogP contribution in [-0.4, -0.2) is 40.0 Å². The standard InChI is InChI=1S/C19H21N5O/c1-13-5-2-6-14-11-16(23-17(13)14)18(25)22-15-7-3-10-24(12-15)19-20-8-4-9-21-19/h2,4-6,8-9,11,15,23H,3,7,10,12H2,1H3,(H,22,25). The van der Waals surface area contributed by atoms with Crippen molar-refractivity contribution in [2.45, 2.75) is 25.8 Å². The van der Waals surface area contributed by atoms with Crippen molar-refractivity contribution in [1.82, 2.24) is 20.3 Å². The Morgan fingerprint density at radius 3 is 2.92 bits per heavy atom. The fraction of sp³-hybridized carbons (Fsp3) is 0.316. The first-order valence-corrected chi connectivity index (χ1v) is 8.62. The first-order valence-electron chi connectivity index (χ1n) is 8.62. The van der Waals surface area contributed by atoms with E-state index in [1.54, 1.807) is 12.4 Å². The molecular weight excluding hydrogens is 314 g/mol. The molecule has 0 aliphatic carbocycles. The first-order chi connectivity index (χ1) is 12.2. The van der Waals surface area contributed by atoms with Gasteiger partial charge in [0.2, 0.25) is 5.95 Å². The van der Waals surface area contributed by atoms with Crippen LogP contribution < -0.4 is 10.2 Å². The number of nitrogens with zero attached hydrogens (tertiary/aromatic N) is 3. The maximum absolute atomic E-state index is 12.6. The summed E-state index contributed by atoms with van der Waals surface area (Å²) in [6.45, 7) is 3.69. The summed E-state index contributed by atoms with van der Waals surface area (Å²) in [5, 5.41) is 4.21. The van der Waals surface area contributed by atoms with Crippen LogP contribution in [0.4, 0.5) is 5.95 Å². The van der Waals surface area contributed by atoms with Crippen LogP contribution in [0.15, 0.2) is 42.7 Å². The smallest absolute Gasteiger partial charge is 0.268 e. The van der Waals surface area contributed by atoms with Crippen LogP contribution in [0, 0.1) is 6.92 Å². The molecule has 1 saturated heterocycles. The number of piperidine rings is 1. The van der Waals surface area contributed by atoms with Crippen molar-refractivity contribution in [3.8, 4) is 0 Å². The van der Waals surface area contributed by atoms with Crippen LogP contribution in [0.25, 0.3) is 10.9 Å². The summed E-state index contributed by atoms with van der Waals surface area (Å²) in [4.78, 5) is 26.6. The molecule has 1 aliphatic rings. The molecule has 3 heterocycles. The third kappa shape index (κ3) is 3.20. The minimum absolute atomic E-state index is 0.0589. The number of hydrogen-bond acceptors (Lipinski definition) is 4. The van der Waals surface area contributed by atoms with Gasteiger partial charge in [0, 0.05) is 42.4 Å². The second-order valence-corrected chi connectivity index (χ2v) is 6.53. The predicted octanol–water partition coefficient (Wildman–Crippen LogP) is 2.67. The molecular formula is C19H21N5O. The van der Waals surface area contributed by atoms with Crippen molar-refractivity contribution in [2.24, 2.45) is 0 Å². The molecule has 1 atom stereocenters. The van der Waals surface area contributed by atoms with Gasteiger partial charge < -0.3 is 15.2 Å². The first kappa shape index (κ1) is 15.6. The summed E-state index contributed by atoms with van der Waals surface area (Å²) in [7, 11) is 0.